The van der Waals surface area contributed by atoms with Crippen molar-refractivity contribution in [1.29, 1.82) is 0 Å². The van der Waals surface area contributed by atoms with Gasteiger partial charge < -0.3 is 33.7 Å². The summed E-state index contributed by atoms with van der Waals surface area (Å²) in [6, 6.07) is 0. The number of ether oxygens (including phenoxy) is 5. The summed E-state index contributed by atoms with van der Waals surface area (Å²) in [6.45, 7) is 12.5. The Morgan fingerprint density at radius 2 is 1.50 bits per heavy atom. The number of hydrogen-bond acceptors (Lipinski definition) is 7. The lowest BCUT2D eigenvalue weighted by molar-refractivity contribution is -0.322. The van der Waals surface area contributed by atoms with E-state index in [0.717, 1.165) is 0 Å². The van der Waals surface area contributed by atoms with Crippen LogP contribution in [0.25, 0.3) is 0 Å². The molecule has 8 heteroatoms. The van der Waals surface area contributed by atoms with Crippen LogP contribution in [-0.4, -0.2) is 83.8 Å². The van der Waals surface area contributed by atoms with Gasteiger partial charge in [-0.1, -0.05) is 0 Å². The number of nitrogens with zero attached hydrogens (tertiary/aromatic N) is 1. The second kappa shape index (κ2) is 7.00. The number of hydrogen-bond donors (Lipinski definition) is 1. The monoisotopic (exact) mass is 373 g/mol. The van der Waals surface area contributed by atoms with Crippen molar-refractivity contribution in [1.82, 2.24) is 4.90 Å². The molecule has 150 valence electrons. The van der Waals surface area contributed by atoms with Gasteiger partial charge in [-0.05, 0) is 41.5 Å². The van der Waals surface area contributed by atoms with Gasteiger partial charge in [0, 0.05) is 13.1 Å². The van der Waals surface area contributed by atoms with Crippen LogP contribution < -0.4 is 0 Å². The molecular weight excluding hydrogens is 342 g/mol. The summed E-state index contributed by atoms with van der Waals surface area (Å²) >= 11 is 0. The molecule has 0 aliphatic carbocycles. The quantitative estimate of drug-likeness (QED) is 0.708. The Kier molecular flexibility index (Phi) is 5.38. The van der Waals surface area contributed by atoms with Crippen LogP contribution in [0.4, 0.5) is 0 Å². The van der Waals surface area contributed by atoms with E-state index in [0.29, 0.717) is 13.1 Å². The summed E-state index contributed by atoms with van der Waals surface area (Å²) in [5, 5.41) is 10.4. The summed E-state index contributed by atoms with van der Waals surface area (Å²) in [7, 11) is 0. The van der Waals surface area contributed by atoms with Crippen LogP contribution in [0.15, 0.2) is 0 Å². The molecule has 3 saturated heterocycles. The lowest BCUT2D eigenvalue weighted by Gasteiger charge is -2.41. The molecule has 3 rings (SSSR count). The number of aliphatic hydroxyl groups is 1. The number of likely N-dealkylation sites (N-methyl/N-ethyl adjacent to an activating group) is 1. The SMILES string of the molecule is CCN(CC)C(=O)[C@@H]1O[C@H]1[C@H]1OC(C)(C)O[C@H]1[C@@H]1OC(C)(C)OC[C@H]1O. The van der Waals surface area contributed by atoms with Crippen LogP contribution in [0.3, 0.4) is 0 Å². The molecule has 6 atom stereocenters. The van der Waals surface area contributed by atoms with Gasteiger partial charge in [-0.25, -0.2) is 0 Å². The summed E-state index contributed by atoms with van der Waals surface area (Å²) in [4.78, 5) is 14.3. The van der Waals surface area contributed by atoms with E-state index >= 15 is 0 Å². The average Bonchev–Trinajstić information content (AvgIpc) is 3.28. The van der Waals surface area contributed by atoms with E-state index in [1.165, 1.54) is 0 Å². The van der Waals surface area contributed by atoms with Crippen molar-refractivity contribution in [2.75, 3.05) is 19.7 Å². The fraction of sp³-hybridized carbons (Fsp3) is 0.944. The highest BCUT2D eigenvalue weighted by molar-refractivity contribution is 5.84. The summed E-state index contributed by atoms with van der Waals surface area (Å²) < 4.78 is 29.2. The molecule has 3 heterocycles. The van der Waals surface area contributed by atoms with E-state index in [1.54, 1.807) is 32.6 Å². The highest BCUT2D eigenvalue weighted by Gasteiger charge is 2.61. The average molecular weight is 373 g/mol. The van der Waals surface area contributed by atoms with E-state index in [4.69, 9.17) is 23.7 Å². The second-order valence-electron chi connectivity index (χ2n) is 7.96. The van der Waals surface area contributed by atoms with Crippen LogP contribution >= 0.6 is 0 Å². The van der Waals surface area contributed by atoms with Gasteiger partial charge in [0.25, 0.3) is 5.91 Å². The number of aliphatic hydroxyl groups excluding tert-OH is 1. The molecule has 1 amide bonds. The topological polar surface area (TPSA) is 90.0 Å². The fourth-order valence-electron chi connectivity index (χ4n) is 3.72. The minimum Gasteiger partial charge on any atom is -0.388 e. The predicted molar refractivity (Wildman–Crippen MR) is 91.3 cm³/mol. The molecular formula is C18H31NO7. The van der Waals surface area contributed by atoms with Crippen LogP contribution in [-0.2, 0) is 28.5 Å². The molecule has 0 aromatic carbocycles. The number of epoxide rings is 1. The first-order valence-corrected chi connectivity index (χ1v) is 9.38. The zero-order valence-electron chi connectivity index (χ0n) is 16.4. The maximum atomic E-state index is 12.6. The first kappa shape index (κ1) is 20.0. The maximum absolute atomic E-state index is 12.6. The molecule has 0 aromatic heterocycles. The zero-order chi connectivity index (χ0) is 19.3. The van der Waals surface area contributed by atoms with Crippen LogP contribution in [0, 0.1) is 0 Å². The number of rotatable bonds is 5. The van der Waals surface area contributed by atoms with E-state index in [-0.39, 0.29) is 12.5 Å². The Balaban J connectivity index is 1.74. The smallest absolute Gasteiger partial charge is 0.254 e. The van der Waals surface area contributed by atoms with Crippen molar-refractivity contribution >= 4 is 5.91 Å². The standard InChI is InChI=1S/C18H31NO7/c1-7-19(8-2)16(21)15-12(23-15)14-13(25-18(5,6)26-14)11-10(20)9-22-17(3,4)24-11/h10-15,20H,7-9H2,1-6H3/t10-,11-,12+,13+,14-,15-/m1/s1. The van der Waals surface area contributed by atoms with E-state index in [1.807, 2.05) is 13.8 Å². The van der Waals surface area contributed by atoms with Gasteiger partial charge >= 0.3 is 0 Å². The number of amides is 1. The van der Waals surface area contributed by atoms with Crippen LogP contribution in [0.1, 0.15) is 41.5 Å². The van der Waals surface area contributed by atoms with Gasteiger partial charge in [0.05, 0.1) is 6.61 Å². The zero-order valence-corrected chi connectivity index (χ0v) is 16.4. The minimum absolute atomic E-state index is 0.0409. The Hall–Kier alpha value is -0.770. The van der Waals surface area contributed by atoms with Gasteiger partial charge in [-0.2, -0.15) is 0 Å². The van der Waals surface area contributed by atoms with Gasteiger partial charge in [0.2, 0.25) is 0 Å². The Bertz CT molecular complexity index is 534. The summed E-state index contributed by atoms with van der Waals surface area (Å²) in [6.07, 6.45) is -3.46. The number of carbonyl (C=O) groups excluding carboxylic acids is 1. The molecule has 26 heavy (non-hydrogen) atoms. The third kappa shape index (κ3) is 3.90. The summed E-state index contributed by atoms with van der Waals surface area (Å²) in [5.41, 5.74) is 0. The Morgan fingerprint density at radius 3 is 2.08 bits per heavy atom. The molecule has 0 unspecified atom stereocenters. The fourth-order valence-corrected chi connectivity index (χ4v) is 3.72. The highest BCUT2D eigenvalue weighted by Crippen LogP contribution is 2.42. The van der Waals surface area contributed by atoms with Crippen molar-refractivity contribution in [3.05, 3.63) is 0 Å². The molecule has 3 fully saturated rings. The molecule has 8 nitrogen and oxygen atoms in total. The Morgan fingerprint density at radius 1 is 0.962 bits per heavy atom. The molecule has 0 saturated carbocycles. The van der Waals surface area contributed by atoms with E-state index in [2.05, 4.69) is 0 Å². The largest absolute Gasteiger partial charge is 0.388 e. The number of carbonyl (C=O) groups is 1. The van der Waals surface area contributed by atoms with E-state index in [9.17, 15) is 9.90 Å². The van der Waals surface area contributed by atoms with Crippen molar-refractivity contribution < 1.29 is 33.6 Å². The molecule has 1 N–H and O–H groups in total. The van der Waals surface area contributed by atoms with Crippen molar-refractivity contribution in [3.63, 3.8) is 0 Å². The van der Waals surface area contributed by atoms with Crippen molar-refractivity contribution in [2.45, 2.75) is 89.7 Å². The minimum atomic E-state index is -0.852. The maximum Gasteiger partial charge on any atom is 0.254 e. The van der Waals surface area contributed by atoms with Crippen LogP contribution in [0.2, 0.25) is 0 Å². The molecule has 3 aliphatic heterocycles. The van der Waals surface area contributed by atoms with Crippen LogP contribution in [0.5, 0.6) is 0 Å². The van der Waals surface area contributed by atoms with Crippen molar-refractivity contribution in [3.8, 4) is 0 Å². The Labute approximate surface area is 154 Å². The van der Waals surface area contributed by atoms with Crippen molar-refractivity contribution in [2.24, 2.45) is 0 Å². The lowest BCUT2D eigenvalue weighted by atomic mass is 9.98. The van der Waals surface area contributed by atoms with Gasteiger partial charge in [-0.15, -0.1) is 0 Å². The molecule has 3 aliphatic rings. The first-order chi connectivity index (χ1) is 12.1. The predicted octanol–water partition coefficient (Wildman–Crippen LogP) is 0.655. The molecule has 0 spiro atoms. The second-order valence-corrected chi connectivity index (χ2v) is 7.96. The van der Waals surface area contributed by atoms with Gasteiger partial charge in [0.15, 0.2) is 17.7 Å². The third-order valence-corrected chi connectivity index (χ3v) is 5.06. The highest BCUT2D eigenvalue weighted by atomic mass is 16.8. The van der Waals surface area contributed by atoms with Gasteiger partial charge in [0.1, 0.15) is 30.5 Å². The molecule has 0 bridgehead atoms. The molecule has 0 radical (unpaired) electrons. The van der Waals surface area contributed by atoms with Gasteiger partial charge in [-0.3, -0.25) is 4.79 Å². The first-order valence-electron chi connectivity index (χ1n) is 9.38. The third-order valence-electron chi connectivity index (χ3n) is 5.06. The summed E-state index contributed by atoms with van der Waals surface area (Å²) in [5.74, 6) is -1.72. The van der Waals surface area contributed by atoms with E-state index < -0.39 is 48.2 Å². The molecule has 0 aromatic rings. The lowest BCUT2D eigenvalue weighted by Crippen LogP contribution is -2.56. The normalized spacial score (nSPS) is 41.0.